The summed E-state index contributed by atoms with van der Waals surface area (Å²) >= 11 is 0. The maximum Gasteiger partial charge on any atom is 0.321 e. The number of carbonyl (C=O) groups excluding carboxylic acids is 2. The van der Waals surface area contributed by atoms with Crippen LogP contribution in [0.1, 0.15) is 24.2 Å². The van der Waals surface area contributed by atoms with Crippen molar-refractivity contribution in [3.63, 3.8) is 0 Å². The van der Waals surface area contributed by atoms with Gasteiger partial charge in [0.1, 0.15) is 17.7 Å². The zero-order valence-electron chi connectivity index (χ0n) is 23.1. The van der Waals surface area contributed by atoms with Crippen molar-refractivity contribution < 1.29 is 32.2 Å². The fraction of sp³-hybridized carbons (Fsp3) is 0.370. The minimum atomic E-state index is -4.02. The third kappa shape index (κ3) is 6.95. The van der Waals surface area contributed by atoms with Gasteiger partial charge in [0.2, 0.25) is 0 Å². The quantitative estimate of drug-likeness (QED) is 0.367. The van der Waals surface area contributed by atoms with E-state index in [0.717, 1.165) is 0 Å². The molecule has 1 aliphatic heterocycles. The predicted octanol–water partition coefficient (Wildman–Crippen LogP) is 2.74. The van der Waals surface area contributed by atoms with E-state index in [1.165, 1.54) is 69.4 Å². The molecule has 220 valence electrons. The van der Waals surface area contributed by atoms with Gasteiger partial charge in [0.25, 0.3) is 15.9 Å². The van der Waals surface area contributed by atoms with E-state index in [-0.39, 0.29) is 47.6 Å². The molecule has 0 aliphatic carbocycles. The molecule has 3 aromatic rings. The molecule has 1 aliphatic rings. The molecule has 0 bridgehead atoms. The van der Waals surface area contributed by atoms with E-state index in [9.17, 15) is 27.5 Å². The van der Waals surface area contributed by atoms with Gasteiger partial charge in [0, 0.05) is 44.1 Å². The number of anilines is 2. The summed E-state index contributed by atoms with van der Waals surface area (Å²) in [5.41, 5.74) is 0.653. The van der Waals surface area contributed by atoms with Crippen LogP contribution in [-0.2, 0) is 17.1 Å². The Bertz CT molecular complexity index is 1510. The van der Waals surface area contributed by atoms with E-state index in [4.69, 9.17) is 4.74 Å². The Labute approximate surface area is 237 Å². The normalized spacial score (nSPS) is 18.0. The smallest absolute Gasteiger partial charge is 0.321 e. The summed E-state index contributed by atoms with van der Waals surface area (Å²) in [5.74, 6) is -0.914. The number of fused-ring (bicyclic) bond motifs is 1. The molecule has 0 spiro atoms. The van der Waals surface area contributed by atoms with Gasteiger partial charge in [0.05, 0.1) is 31.1 Å². The number of sulfonamides is 1. The summed E-state index contributed by atoms with van der Waals surface area (Å²) in [7, 11) is -0.789. The number of nitrogens with one attached hydrogen (secondary N) is 2. The predicted molar refractivity (Wildman–Crippen MR) is 150 cm³/mol. The number of aliphatic hydroxyl groups excluding tert-OH is 1. The Morgan fingerprint density at radius 1 is 1.24 bits per heavy atom. The molecule has 1 aromatic heterocycles. The Morgan fingerprint density at radius 2 is 1.93 bits per heavy atom. The molecule has 14 heteroatoms. The highest BCUT2D eigenvalue weighted by atomic mass is 32.2. The van der Waals surface area contributed by atoms with Crippen molar-refractivity contribution >= 4 is 33.3 Å². The number of nitrogens with zero attached hydrogens (tertiary/aromatic N) is 4. The lowest BCUT2D eigenvalue weighted by molar-refractivity contribution is 0.0371. The van der Waals surface area contributed by atoms with Crippen molar-refractivity contribution in [1.29, 1.82) is 0 Å². The Balaban J connectivity index is 1.60. The highest BCUT2D eigenvalue weighted by Crippen LogP contribution is 2.31. The number of benzene rings is 2. The van der Waals surface area contributed by atoms with Crippen LogP contribution < -0.4 is 14.8 Å². The lowest BCUT2D eigenvalue weighted by atomic mass is 9.99. The zero-order chi connectivity index (χ0) is 29.9. The second-order valence-electron chi connectivity index (χ2n) is 10.1. The zero-order valence-corrected chi connectivity index (χ0v) is 23.9. The molecule has 3 atom stereocenters. The van der Waals surface area contributed by atoms with E-state index in [1.807, 2.05) is 6.92 Å². The van der Waals surface area contributed by atoms with Crippen LogP contribution in [0, 0.1) is 11.7 Å². The first-order chi connectivity index (χ1) is 19.4. The third-order valence-corrected chi connectivity index (χ3v) is 8.04. The van der Waals surface area contributed by atoms with E-state index < -0.39 is 39.9 Å². The van der Waals surface area contributed by atoms with Gasteiger partial charge in [-0.15, -0.1) is 0 Å². The van der Waals surface area contributed by atoms with E-state index in [2.05, 4.69) is 15.0 Å². The summed E-state index contributed by atoms with van der Waals surface area (Å²) in [5, 5.41) is 12.4. The maximum absolute atomic E-state index is 13.6. The van der Waals surface area contributed by atoms with Crippen LogP contribution in [-0.4, -0.2) is 83.7 Å². The molecule has 0 saturated carbocycles. The van der Waals surface area contributed by atoms with Crippen molar-refractivity contribution in [2.45, 2.75) is 31.0 Å². The lowest BCUT2D eigenvalue weighted by Gasteiger charge is -2.38. The van der Waals surface area contributed by atoms with Crippen molar-refractivity contribution in [2.24, 2.45) is 13.0 Å². The van der Waals surface area contributed by atoms with Crippen molar-refractivity contribution in [3.8, 4) is 5.75 Å². The molecule has 41 heavy (non-hydrogen) atoms. The molecule has 0 radical (unpaired) electrons. The fourth-order valence-corrected chi connectivity index (χ4v) is 5.38. The Kier molecular flexibility index (Phi) is 8.83. The van der Waals surface area contributed by atoms with Gasteiger partial charge in [-0.2, -0.15) is 8.42 Å². The number of halogens is 1. The number of hydrogen-bond donors (Lipinski definition) is 3. The van der Waals surface area contributed by atoms with Crippen LogP contribution in [0.3, 0.4) is 0 Å². The number of amides is 3. The number of carbonyl (C=O) groups is 2. The van der Waals surface area contributed by atoms with Gasteiger partial charge in [-0.1, -0.05) is 6.92 Å². The van der Waals surface area contributed by atoms with E-state index in [1.54, 1.807) is 21.0 Å². The molecule has 3 N–H and O–H groups in total. The van der Waals surface area contributed by atoms with Gasteiger partial charge in [0.15, 0.2) is 5.03 Å². The molecule has 2 heterocycles. The second kappa shape index (κ2) is 12.1. The average Bonchev–Trinajstić information content (AvgIpc) is 3.39. The minimum Gasteiger partial charge on any atom is -0.487 e. The highest BCUT2D eigenvalue weighted by Gasteiger charge is 2.34. The molecule has 0 fully saturated rings. The molecule has 3 amide bonds. The number of aryl methyl sites for hydroxylation is 1. The molecule has 0 unspecified atom stereocenters. The average molecular weight is 589 g/mol. The van der Waals surface area contributed by atoms with Gasteiger partial charge in [-0.25, -0.2) is 14.2 Å². The second-order valence-corrected chi connectivity index (χ2v) is 11.8. The molecule has 2 aromatic carbocycles. The van der Waals surface area contributed by atoms with Crippen molar-refractivity contribution in [1.82, 2.24) is 19.4 Å². The summed E-state index contributed by atoms with van der Waals surface area (Å²) in [4.78, 5) is 33.3. The number of ether oxygens (including phenoxy) is 1. The fourth-order valence-electron chi connectivity index (χ4n) is 4.34. The van der Waals surface area contributed by atoms with Crippen molar-refractivity contribution in [2.75, 3.05) is 36.8 Å². The van der Waals surface area contributed by atoms with Crippen LogP contribution in [0.2, 0.25) is 0 Å². The molecule has 0 saturated heterocycles. The van der Waals surface area contributed by atoms with Gasteiger partial charge in [-0.05, 0) is 49.4 Å². The van der Waals surface area contributed by atoms with Crippen LogP contribution in [0.5, 0.6) is 5.75 Å². The first-order valence-electron chi connectivity index (χ1n) is 12.9. The topological polar surface area (TPSA) is 146 Å². The highest BCUT2D eigenvalue weighted by molar-refractivity contribution is 7.92. The number of aromatic nitrogens is 2. The molecule has 4 rings (SSSR count). The number of urea groups is 1. The first-order valence-corrected chi connectivity index (χ1v) is 14.4. The van der Waals surface area contributed by atoms with E-state index in [0.29, 0.717) is 5.69 Å². The molecule has 12 nitrogen and oxygen atoms in total. The van der Waals surface area contributed by atoms with Gasteiger partial charge < -0.3 is 29.5 Å². The first kappa shape index (κ1) is 29.8. The molecular weight excluding hydrogens is 555 g/mol. The summed E-state index contributed by atoms with van der Waals surface area (Å²) in [6.45, 7) is 3.64. The Hall–Kier alpha value is -4.17. The SMILES string of the molecule is C[C@H](CO)N1C[C@H](C)[C@@H](CN(C)C(=O)Nc2ccc(F)cc2)Oc2ccc(NS(=O)(=O)c3cn(C)cn3)cc2C1=O. The standard InChI is InChI=1S/C27H33FN6O6S/c1-17-12-34(18(2)15-35)26(36)22-11-21(31-41(38,39)25-14-32(3)16-29-25)9-10-23(22)40-24(17)13-33(4)27(37)30-20-7-5-19(28)6-8-20/h5-11,14,16-18,24,31,35H,12-13,15H2,1-4H3,(H,30,37)/t17-,18+,24+/m0/s1. The third-order valence-electron chi connectivity index (χ3n) is 6.77. The number of rotatable bonds is 8. The van der Waals surface area contributed by atoms with Crippen LogP contribution >= 0.6 is 0 Å². The summed E-state index contributed by atoms with van der Waals surface area (Å²) in [6.07, 6.45) is 2.14. The number of aliphatic hydroxyl groups is 1. The molecular formula is C27H33FN6O6S. The van der Waals surface area contributed by atoms with Crippen LogP contribution in [0.4, 0.5) is 20.6 Å². The number of imidazole rings is 1. The number of hydrogen-bond acceptors (Lipinski definition) is 7. The minimum absolute atomic E-state index is 0.0989. The summed E-state index contributed by atoms with van der Waals surface area (Å²) in [6, 6.07) is 8.76. The summed E-state index contributed by atoms with van der Waals surface area (Å²) < 4.78 is 49.1. The lowest BCUT2D eigenvalue weighted by Crippen LogP contribution is -2.50. The Morgan fingerprint density at radius 3 is 2.56 bits per heavy atom. The van der Waals surface area contributed by atoms with Gasteiger partial charge >= 0.3 is 6.03 Å². The van der Waals surface area contributed by atoms with Crippen molar-refractivity contribution in [3.05, 3.63) is 66.4 Å². The largest absolute Gasteiger partial charge is 0.487 e. The number of likely N-dealkylation sites (N-methyl/N-ethyl adjacent to an activating group) is 1. The monoisotopic (exact) mass is 588 g/mol. The maximum atomic E-state index is 13.6. The van der Waals surface area contributed by atoms with Gasteiger partial charge in [-0.3, -0.25) is 9.52 Å². The van der Waals surface area contributed by atoms with Crippen LogP contribution in [0.25, 0.3) is 0 Å². The van der Waals surface area contributed by atoms with Crippen LogP contribution in [0.15, 0.2) is 60.0 Å². The van der Waals surface area contributed by atoms with E-state index >= 15 is 0 Å².